The van der Waals surface area contributed by atoms with E-state index in [2.05, 4.69) is 62.1 Å². The van der Waals surface area contributed by atoms with Crippen LogP contribution in [0.1, 0.15) is 65.4 Å². The van der Waals surface area contributed by atoms with Gasteiger partial charge in [-0.05, 0) is 91.4 Å². The highest BCUT2D eigenvalue weighted by Crippen LogP contribution is 2.39. The normalized spacial score (nSPS) is 27.5. The number of benzene rings is 2. The lowest BCUT2D eigenvalue weighted by atomic mass is 9.72. The topological polar surface area (TPSA) is 49.8 Å². The summed E-state index contributed by atoms with van der Waals surface area (Å²) in [6, 6.07) is 13.0. The Kier molecular flexibility index (Phi) is 6.04. The lowest BCUT2D eigenvalue weighted by Gasteiger charge is -2.37. The zero-order chi connectivity index (χ0) is 22.2. The molecule has 1 aliphatic carbocycles. The van der Waals surface area contributed by atoms with Crippen molar-refractivity contribution in [2.75, 3.05) is 13.1 Å². The summed E-state index contributed by atoms with van der Waals surface area (Å²) < 4.78 is 6.34. The van der Waals surface area contributed by atoms with Crippen LogP contribution in [0.3, 0.4) is 0 Å². The van der Waals surface area contributed by atoms with Gasteiger partial charge in [-0.25, -0.2) is 0 Å². The van der Waals surface area contributed by atoms with Crippen molar-refractivity contribution in [3.8, 4) is 5.75 Å². The van der Waals surface area contributed by atoms with E-state index in [4.69, 9.17) is 4.74 Å². The third-order valence-corrected chi connectivity index (χ3v) is 7.55. The molecule has 4 nitrogen and oxygen atoms in total. The van der Waals surface area contributed by atoms with Crippen molar-refractivity contribution in [2.24, 2.45) is 16.7 Å². The number of carboxylic acids is 1. The minimum absolute atomic E-state index is 0.328. The highest BCUT2D eigenvalue weighted by atomic mass is 16.5. The third kappa shape index (κ3) is 5.06. The van der Waals surface area contributed by atoms with E-state index >= 15 is 0 Å². The van der Waals surface area contributed by atoms with E-state index in [0.29, 0.717) is 24.5 Å². The largest absolute Gasteiger partial charge is 0.490 e. The molecule has 0 spiro atoms. The molecular formula is C27H37NO3. The Morgan fingerprint density at radius 2 is 1.77 bits per heavy atom. The van der Waals surface area contributed by atoms with E-state index in [-0.39, 0.29) is 0 Å². The number of ether oxygens (including phenoxy) is 1. The molecule has 4 heteroatoms. The minimum Gasteiger partial charge on any atom is -0.490 e. The van der Waals surface area contributed by atoms with E-state index in [9.17, 15) is 9.90 Å². The highest BCUT2D eigenvalue weighted by Gasteiger charge is 2.40. The summed E-state index contributed by atoms with van der Waals surface area (Å²) in [7, 11) is 0. The Labute approximate surface area is 186 Å². The van der Waals surface area contributed by atoms with Gasteiger partial charge in [-0.15, -0.1) is 0 Å². The summed E-state index contributed by atoms with van der Waals surface area (Å²) in [5.41, 5.74) is 1.01. The molecule has 168 valence electrons. The molecule has 31 heavy (non-hydrogen) atoms. The minimum atomic E-state index is -0.687. The Hall–Kier alpha value is -2.07. The average Bonchev–Trinajstić information content (AvgIpc) is 3.10. The Morgan fingerprint density at radius 3 is 2.42 bits per heavy atom. The van der Waals surface area contributed by atoms with Crippen LogP contribution in [0.25, 0.3) is 10.8 Å². The molecule has 2 aromatic rings. The SMILES string of the molecule is CC1(C(=O)O)CCN(Cc2ccc3cc(OC4CCC(C(C)(C)C)CC4)ccc3c2)C1. The first-order valence-corrected chi connectivity index (χ1v) is 11.8. The number of aliphatic carboxylic acids is 1. The molecule has 2 aliphatic rings. The fourth-order valence-corrected chi connectivity index (χ4v) is 5.31. The maximum absolute atomic E-state index is 11.5. The standard InChI is InChI=1S/C27H37NO3/c1-26(2,3)22-8-11-23(12-9-22)31-24-10-7-20-15-19(5-6-21(20)16-24)17-28-14-13-27(4,18-28)25(29)30/h5-7,10,15-16,22-23H,8-9,11-14,17-18H2,1-4H3,(H,29,30). The van der Waals surface area contributed by atoms with E-state index < -0.39 is 11.4 Å². The Bertz CT molecular complexity index is 939. The summed E-state index contributed by atoms with van der Waals surface area (Å²) in [6.07, 6.45) is 5.84. The number of hydrogen-bond acceptors (Lipinski definition) is 3. The predicted molar refractivity (Wildman–Crippen MR) is 125 cm³/mol. The van der Waals surface area contributed by atoms with Gasteiger partial charge in [0.25, 0.3) is 0 Å². The van der Waals surface area contributed by atoms with Gasteiger partial charge in [-0.3, -0.25) is 9.69 Å². The molecule has 2 aromatic carbocycles. The molecular weight excluding hydrogens is 386 g/mol. The molecule has 0 bridgehead atoms. The van der Waals surface area contributed by atoms with Crippen LogP contribution in [0.5, 0.6) is 5.75 Å². The van der Waals surface area contributed by atoms with Crippen LogP contribution in [-0.4, -0.2) is 35.2 Å². The quantitative estimate of drug-likeness (QED) is 0.629. The van der Waals surface area contributed by atoms with Crippen molar-refractivity contribution in [1.82, 2.24) is 4.90 Å². The fourth-order valence-electron chi connectivity index (χ4n) is 5.31. The molecule has 1 unspecified atom stereocenters. The van der Waals surface area contributed by atoms with Gasteiger partial charge in [0.15, 0.2) is 0 Å². The zero-order valence-electron chi connectivity index (χ0n) is 19.5. The molecule has 1 N–H and O–H groups in total. The molecule has 0 aromatic heterocycles. The Balaban J connectivity index is 1.37. The number of fused-ring (bicyclic) bond motifs is 1. The van der Waals surface area contributed by atoms with Gasteiger partial charge in [0.2, 0.25) is 0 Å². The van der Waals surface area contributed by atoms with Crippen LogP contribution in [0.4, 0.5) is 0 Å². The van der Waals surface area contributed by atoms with Crippen molar-refractivity contribution in [2.45, 2.75) is 72.4 Å². The van der Waals surface area contributed by atoms with Gasteiger partial charge < -0.3 is 9.84 Å². The molecule has 1 saturated carbocycles. The van der Waals surface area contributed by atoms with Crippen molar-refractivity contribution < 1.29 is 14.6 Å². The molecule has 1 heterocycles. The lowest BCUT2D eigenvalue weighted by molar-refractivity contribution is -0.147. The number of rotatable bonds is 5. The van der Waals surface area contributed by atoms with Crippen molar-refractivity contribution in [3.05, 3.63) is 42.0 Å². The van der Waals surface area contributed by atoms with Gasteiger partial charge >= 0.3 is 5.97 Å². The number of nitrogens with zero attached hydrogens (tertiary/aromatic N) is 1. The summed E-state index contributed by atoms with van der Waals surface area (Å²) in [4.78, 5) is 13.7. The van der Waals surface area contributed by atoms with E-state index in [1.54, 1.807) is 0 Å². The summed E-state index contributed by atoms with van der Waals surface area (Å²) in [5, 5.41) is 11.9. The second-order valence-corrected chi connectivity index (χ2v) is 11.1. The average molecular weight is 424 g/mol. The van der Waals surface area contributed by atoms with Gasteiger partial charge in [0.05, 0.1) is 11.5 Å². The van der Waals surface area contributed by atoms with Crippen molar-refractivity contribution in [1.29, 1.82) is 0 Å². The van der Waals surface area contributed by atoms with E-state index in [1.807, 2.05) is 6.92 Å². The number of carbonyl (C=O) groups is 1. The van der Waals surface area contributed by atoms with Gasteiger partial charge in [-0.2, -0.15) is 0 Å². The molecule has 1 saturated heterocycles. The van der Waals surface area contributed by atoms with Crippen LogP contribution in [-0.2, 0) is 11.3 Å². The fraction of sp³-hybridized carbons (Fsp3) is 0.593. The predicted octanol–water partition coefficient (Wildman–Crippen LogP) is 6.12. The second kappa shape index (κ2) is 8.46. The monoisotopic (exact) mass is 423 g/mol. The first-order chi connectivity index (χ1) is 14.6. The molecule has 4 rings (SSSR count). The van der Waals surface area contributed by atoms with Gasteiger partial charge in [0.1, 0.15) is 5.75 Å². The number of hydrogen-bond donors (Lipinski definition) is 1. The van der Waals surface area contributed by atoms with Crippen LogP contribution in [0.2, 0.25) is 0 Å². The molecule has 0 radical (unpaired) electrons. The Morgan fingerprint density at radius 1 is 1.10 bits per heavy atom. The van der Waals surface area contributed by atoms with Gasteiger partial charge in [0, 0.05) is 13.1 Å². The summed E-state index contributed by atoms with van der Waals surface area (Å²) >= 11 is 0. The van der Waals surface area contributed by atoms with Crippen LogP contribution >= 0.6 is 0 Å². The summed E-state index contributed by atoms with van der Waals surface area (Å²) in [5.74, 6) is 1.08. The maximum atomic E-state index is 11.5. The van der Waals surface area contributed by atoms with E-state index in [1.165, 1.54) is 29.2 Å². The zero-order valence-corrected chi connectivity index (χ0v) is 19.5. The maximum Gasteiger partial charge on any atom is 0.310 e. The summed E-state index contributed by atoms with van der Waals surface area (Å²) in [6.45, 7) is 11.2. The first-order valence-electron chi connectivity index (χ1n) is 11.8. The van der Waals surface area contributed by atoms with Crippen LogP contribution in [0, 0.1) is 16.7 Å². The smallest absolute Gasteiger partial charge is 0.310 e. The highest BCUT2D eigenvalue weighted by molar-refractivity contribution is 5.84. The molecule has 0 amide bonds. The second-order valence-electron chi connectivity index (χ2n) is 11.1. The van der Waals surface area contributed by atoms with Crippen LogP contribution < -0.4 is 4.74 Å². The molecule has 1 aliphatic heterocycles. The third-order valence-electron chi connectivity index (χ3n) is 7.55. The number of likely N-dealkylation sites (tertiary alicyclic amines) is 1. The van der Waals surface area contributed by atoms with E-state index in [0.717, 1.165) is 37.6 Å². The molecule has 2 fully saturated rings. The van der Waals surface area contributed by atoms with Crippen molar-refractivity contribution >= 4 is 16.7 Å². The van der Waals surface area contributed by atoms with Crippen LogP contribution in [0.15, 0.2) is 36.4 Å². The number of carboxylic acid groups (broad SMARTS) is 1. The van der Waals surface area contributed by atoms with Gasteiger partial charge in [-0.1, -0.05) is 39.0 Å². The van der Waals surface area contributed by atoms with Crippen molar-refractivity contribution in [3.63, 3.8) is 0 Å². The first kappa shape index (κ1) is 22.1. The lowest BCUT2D eigenvalue weighted by Crippen LogP contribution is -2.31. The molecule has 1 atom stereocenters.